The lowest BCUT2D eigenvalue weighted by Crippen LogP contribution is -2.29. The number of hydrogen-bond acceptors (Lipinski definition) is 5. The first-order valence-corrected chi connectivity index (χ1v) is 10.3. The molecule has 3 heterocycles. The van der Waals surface area contributed by atoms with Gasteiger partial charge in [-0.15, -0.1) is 0 Å². The van der Waals surface area contributed by atoms with Gasteiger partial charge in [0.2, 0.25) is 0 Å². The van der Waals surface area contributed by atoms with Gasteiger partial charge in [-0.25, -0.2) is 0 Å². The Kier molecular flexibility index (Phi) is 3.52. The highest BCUT2D eigenvalue weighted by molar-refractivity contribution is 8.01. The number of fused-ring (bicyclic) bond motifs is 2. The maximum atomic E-state index is 5.08. The van der Waals surface area contributed by atoms with Crippen molar-refractivity contribution in [3.8, 4) is 0 Å². The third kappa shape index (κ3) is 2.49. The van der Waals surface area contributed by atoms with Crippen LogP contribution in [-0.2, 0) is 9.74 Å². The number of anilines is 2. The summed E-state index contributed by atoms with van der Waals surface area (Å²) >= 11 is 3.66. The van der Waals surface area contributed by atoms with Gasteiger partial charge in [0.25, 0.3) is 0 Å². The summed E-state index contributed by atoms with van der Waals surface area (Å²) in [5, 5.41) is 7.30. The molecule has 26 heavy (non-hydrogen) atoms. The summed E-state index contributed by atoms with van der Waals surface area (Å²) in [5.41, 5.74) is 4.46. The number of pyridine rings is 1. The maximum Gasteiger partial charge on any atom is 0.128 e. The third-order valence-electron chi connectivity index (χ3n) is 4.88. The van der Waals surface area contributed by atoms with E-state index in [0.29, 0.717) is 0 Å². The third-order valence-corrected chi connectivity index (χ3v) is 7.47. The first kappa shape index (κ1) is 16.1. The first-order chi connectivity index (χ1) is 12.6. The summed E-state index contributed by atoms with van der Waals surface area (Å²) in [5.74, 6) is 0. The highest BCUT2D eigenvalue weighted by Gasteiger charge is 2.39. The number of nitrogens with one attached hydrogen (secondary N) is 2. The maximum absolute atomic E-state index is 5.08. The zero-order valence-electron chi connectivity index (χ0n) is 14.6. The Labute approximate surface area is 162 Å². The minimum absolute atomic E-state index is 0.258. The van der Waals surface area contributed by atoms with Crippen LogP contribution in [-0.4, -0.2) is 4.98 Å². The molecular weight excluding hydrogens is 358 g/mol. The normalized spacial score (nSPS) is 25.9. The fourth-order valence-electron chi connectivity index (χ4n) is 3.52. The van der Waals surface area contributed by atoms with Gasteiger partial charge in [-0.3, -0.25) is 4.98 Å². The summed E-state index contributed by atoms with van der Waals surface area (Å²) < 4.78 is 0. The van der Waals surface area contributed by atoms with Gasteiger partial charge in [0.05, 0.1) is 11.4 Å². The van der Waals surface area contributed by atoms with Crippen molar-refractivity contribution < 1.29 is 0 Å². The fraction of sp³-hybridized carbons (Fsp3) is 0.190. The van der Waals surface area contributed by atoms with Crippen molar-refractivity contribution in [1.82, 2.24) is 4.98 Å². The Hall–Kier alpha value is -2.11. The molecule has 0 radical (unpaired) electrons. The standard InChI is InChI=1S/C21H19N3S2/c1-20(23-14-8-3-5-10-16(14)25-20)18-12-7-13-19(22-18)21(2)24-15-9-4-6-11-17(15)26-21/h3-13,23-24H,1-2H3. The van der Waals surface area contributed by atoms with Crippen LogP contribution in [0.3, 0.4) is 0 Å². The van der Waals surface area contributed by atoms with Crippen LogP contribution in [0.15, 0.2) is 76.5 Å². The molecule has 2 unspecified atom stereocenters. The van der Waals surface area contributed by atoms with Crippen molar-refractivity contribution in [2.24, 2.45) is 0 Å². The minimum atomic E-state index is -0.258. The molecule has 1 aromatic heterocycles. The molecule has 5 rings (SSSR count). The highest BCUT2D eigenvalue weighted by atomic mass is 32.2. The Bertz CT molecular complexity index is 875. The monoisotopic (exact) mass is 377 g/mol. The van der Waals surface area contributed by atoms with E-state index in [1.165, 1.54) is 21.2 Å². The Morgan fingerprint density at radius 3 is 1.58 bits per heavy atom. The summed E-state index contributed by atoms with van der Waals surface area (Å²) in [7, 11) is 0. The summed E-state index contributed by atoms with van der Waals surface area (Å²) in [6.07, 6.45) is 0. The molecule has 0 aliphatic carbocycles. The van der Waals surface area contributed by atoms with Crippen molar-refractivity contribution in [1.29, 1.82) is 0 Å². The van der Waals surface area contributed by atoms with Gasteiger partial charge in [0, 0.05) is 21.2 Å². The van der Waals surface area contributed by atoms with Crippen molar-refractivity contribution in [3.63, 3.8) is 0 Å². The van der Waals surface area contributed by atoms with Gasteiger partial charge >= 0.3 is 0 Å². The molecule has 0 fully saturated rings. The summed E-state index contributed by atoms with van der Waals surface area (Å²) in [6.45, 7) is 4.41. The lowest BCUT2D eigenvalue weighted by Gasteiger charge is -2.28. The second-order valence-electron chi connectivity index (χ2n) is 6.92. The smallest absolute Gasteiger partial charge is 0.128 e. The van der Waals surface area contributed by atoms with Crippen LogP contribution in [0.5, 0.6) is 0 Å². The SMILES string of the molecule is CC1(c2cccc(C3(C)Nc4ccccc4S3)n2)Nc2ccccc2S1. The summed E-state index contributed by atoms with van der Waals surface area (Å²) in [4.78, 5) is 7.11. The Morgan fingerprint density at radius 1 is 0.654 bits per heavy atom. The van der Waals surface area contributed by atoms with E-state index in [0.717, 1.165) is 11.4 Å². The molecular formula is C21H19N3S2. The molecule has 0 saturated heterocycles. The number of nitrogens with zero attached hydrogens (tertiary/aromatic N) is 1. The molecule has 2 aliphatic rings. The van der Waals surface area contributed by atoms with Crippen LogP contribution >= 0.6 is 23.5 Å². The van der Waals surface area contributed by atoms with Gasteiger partial charge in [-0.2, -0.15) is 0 Å². The highest BCUT2D eigenvalue weighted by Crippen LogP contribution is 2.52. The van der Waals surface area contributed by atoms with E-state index in [2.05, 4.69) is 91.2 Å². The van der Waals surface area contributed by atoms with E-state index < -0.39 is 0 Å². The van der Waals surface area contributed by atoms with Crippen molar-refractivity contribution in [3.05, 3.63) is 78.1 Å². The minimum Gasteiger partial charge on any atom is -0.365 e. The second-order valence-corrected chi connectivity index (χ2v) is 9.84. The average molecular weight is 378 g/mol. The number of rotatable bonds is 2. The molecule has 3 nitrogen and oxygen atoms in total. The average Bonchev–Trinajstić information content (AvgIpc) is 3.19. The predicted octanol–water partition coefficient (Wildman–Crippen LogP) is 5.86. The van der Waals surface area contributed by atoms with Gasteiger partial charge in [0.15, 0.2) is 0 Å². The van der Waals surface area contributed by atoms with Crippen molar-refractivity contribution in [2.75, 3.05) is 10.6 Å². The number of aromatic nitrogens is 1. The number of thioether (sulfide) groups is 2. The van der Waals surface area contributed by atoms with Crippen LogP contribution in [0.1, 0.15) is 25.2 Å². The number of hydrogen-bond donors (Lipinski definition) is 2. The van der Waals surface area contributed by atoms with E-state index in [1.54, 1.807) is 0 Å². The largest absolute Gasteiger partial charge is 0.365 e. The molecule has 0 saturated carbocycles. The van der Waals surface area contributed by atoms with Crippen LogP contribution < -0.4 is 10.6 Å². The lowest BCUT2D eigenvalue weighted by atomic mass is 10.1. The van der Waals surface area contributed by atoms with Crippen LogP contribution in [0.2, 0.25) is 0 Å². The topological polar surface area (TPSA) is 37.0 Å². The molecule has 3 aromatic rings. The zero-order chi connectivity index (χ0) is 17.8. The van der Waals surface area contributed by atoms with Crippen LogP contribution in [0.4, 0.5) is 11.4 Å². The molecule has 2 aromatic carbocycles. The van der Waals surface area contributed by atoms with E-state index >= 15 is 0 Å². The van der Waals surface area contributed by atoms with Crippen molar-refractivity contribution in [2.45, 2.75) is 33.4 Å². The van der Waals surface area contributed by atoms with Crippen LogP contribution in [0.25, 0.3) is 0 Å². The van der Waals surface area contributed by atoms with E-state index in [4.69, 9.17) is 4.98 Å². The van der Waals surface area contributed by atoms with Gasteiger partial charge in [-0.1, -0.05) is 53.9 Å². The number of benzene rings is 2. The molecule has 0 amide bonds. The Morgan fingerprint density at radius 2 is 1.12 bits per heavy atom. The van der Waals surface area contributed by atoms with E-state index in [-0.39, 0.29) is 9.74 Å². The lowest BCUT2D eigenvalue weighted by molar-refractivity contribution is 0.722. The van der Waals surface area contributed by atoms with E-state index in [9.17, 15) is 0 Å². The van der Waals surface area contributed by atoms with Gasteiger partial charge in [-0.05, 0) is 50.2 Å². The molecule has 130 valence electrons. The van der Waals surface area contributed by atoms with Crippen LogP contribution in [0, 0.1) is 0 Å². The first-order valence-electron chi connectivity index (χ1n) is 8.66. The molecule has 2 N–H and O–H groups in total. The zero-order valence-corrected chi connectivity index (χ0v) is 16.2. The van der Waals surface area contributed by atoms with Crippen molar-refractivity contribution >= 4 is 34.9 Å². The number of para-hydroxylation sites is 2. The fourth-order valence-corrected chi connectivity index (χ4v) is 5.91. The predicted molar refractivity (Wildman–Crippen MR) is 111 cm³/mol. The quantitative estimate of drug-likeness (QED) is 0.585. The van der Waals surface area contributed by atoms with E-state index in [1.807, 2.05) is 23.5 Å². The Balaban J connectivity index is 1.49. The molecule has 2 aliphatic heterocycles. The van der Waals surface area contributed by atoms with Gasteiger partial charge in [0.1, 0.15) is 9.74 Å². The molecule has 2 atom stereocenters. The summed E-state index contributed by atoms with van der Waals surface area (Å²) in [6, 6.07) is 23.2. The van der Waals surface area contributed by atoms with Gasteiger partial charge < -0.3 is 10.6 Å². The molecule has 0 bridgehead atoms. The molecule has 5 heteroatoms. The second kappa shape index (κ2) is 5.69. The molecule has 0 spiro atoms.